The van der Waals surface area contributed by atoms with Gasteiger partial charge in [0.2, 0.25) is 0 Å². The van der Waals surface area contributed by atoms with Gasteiger partial charge in [-0.25, -0.2) is 4.39 Å². The Hall–Kier alpha value is -0.0851. The number of halogens is 1. The van der Waals surface area contributed by atoms with E-state index in [4.69, 9.17) is 17.7 Å². The Morgan fingerprint density at radius 2 is 2.22 bits per heavy atom. The first kappa shape index (κ1) is 7.03. The molecule has 1 heterocycles. The molecule has 0 unspecified atom stereocenters. The molecule has 0 aromatic rings. The predicted molar refractivity (Wildman–Crippen MR) is 31.0 cm³/mol. The van der Waals surface area contributed by atoms with E-state index in [0.717, 1.165) is 0 Å². The third-order valence-corrected chi connectivity index (χ3v) is 1.49. The lowest BCUT2D eigenvalue weighted by molar-refractivity contribution is 0.0430. The van der Waals surface area contributed by atoms with Crippen molar-refractivity contribution in [3.05, 3.63) is 0 Å². The van der Waals surface area contributed by atoms with Gasteiger partial charge in [-0.3, -0.25) is 0 Å². The first-order valence-electron chi connectivity index (χ1n) is 2.86. The zero-order valence-electron chi connectivity index (χ0n) is 5.12. The quantitative estimate of drug-likeness (QED) is 0.452. The van der Waals surface area contributed by atoms with Crippen LogP contribution in [0.15, 0.2) is 0 Å². The molecule has 0 aliphatic carbocycles. The summed E-state index contributed by atoms with van der Waals surface area (Å²) in [5.41, 5.74) is 0. The number of rotatable bonds is 0. The molecule has 4 atom stereocenters. The Labute approximate surface area is 54.4 Å². The van der Waals surface area contributed by atoms with Gasteiger partial charge in [0.05, 0.1) is 12.1 Å². The lowest BCUT2D eigenvalue weighted by Gasteiger charge is -2.06. The predicted octanol–water partition coefficient (Wildman–Crippen LogP) is -0.401. The summed E-state index contributed by atoms with van der Waals surface area (Å²) in [6, 6.07) is -0.949. The standard InChI is InChI=1S/C5H8BFO2/c1-2-4(8)3(7)5(6)9-2/h2-5,8H,1H3/t2-,3-,4-,5-/m1/s1. The fourth-order valence-electron chi connectivity index (χ4n) is 0.857. The van der Waals surface area contributed by atoms with Crippen molar-refractivity contribution in [1.82, 2.24) is 0 Å². The van der Waals surface area contributed by atoms with Crippen LogP contribution in [0.1, 0.15) is 6.92 Å². The van der Waals surface area contributed by atoms with Crippen molar-refractivity contribution in [2.75, 3.05) is 0 Å². The highest BCUT2D eigenvalue weighted by Crippen LogP contribution is 2.20. The maximum Gasteiger partial charge on any atom is 0.146 e. The second-order valence-electron chi connectivity index (χ2n) is 2.24. The van der Waals surface area contributed by atoms with E-state index in [0.29, 0.717) is 0 Å². The molecule has 1 aliphatic heterocycles. The minimum atomic E-state index is -1.43. The van der Waals surface area contributed by atoms with Gasteiger partial charge in [0.25, 0.3) is 0 Å². The fraction of sp³-hybridized carbons (Fsp3) is 1.00. The average Bonchev–Trinajstić information content (AvgIpc) is 1.98. The first-order valence-corrected chi connectivity index (χ1v) is 2.86. The van der Waals surface area contributed by atoms with Crippen LogP contribution in [-0.4, -0.2) is 37.3 Å². The highest BCUT2D eigenvalue weighted by Gasteiger charge is 2.38. The Bertz CT molecular complexity index is 99.1. The van der Waals surface area contributed by atoms with E-state index in [1.165, 1.54) is 0 Å². The topological polar surface area (TPSA) is 29.5 Å². The Balaban J connectivity index is 2.54. The van der Waals surface area contributed by atoms with E-state index >= 15 is 0 Å². The molecule has 1 saturated heterocycles. The Morgan fingerprint density at radius 3 is 2.33 bits per heavy atom. The van der Waals surface area contributed by atoms with Gasteiger partial charge in [-0.1, -0.05) is 0 Å². The molecule has 0 amide bonds. The number of aliphatic hydroxyl groups excluding tert-OH is 1. The highest BCUT2D eigenvalue weighted by molar-refractivity contribution is 6.11. The number of hydrogen-bond acceptors (Lipinski definition) is 2. The van der Waals surface area contributed by atoms with Gasteiger partial charge >= 0.3 is 0 Å². The summed E-state index contributed by atoms with van der Waals surface area (Å²) in [6.45, 7) is 1.59. The number of alkyl halides is 1. The number of ether oxygens (including phenoxy) is 1. The maximum absolute atomic E-state index is 12.5. The zero-order valence-corrected chi connectivity index (χ0v) is 5.12. The molecule has 1 N–H and O–H groups in total. The molecule has 4 heteroatoms. The maximum atomic E-state index is 12.5. The molecule has 2 nitrogen and oxygen atoms in total. The van der Waals surface area contributed by atoms with E-state index in [2.05, 4.69) is 0 Å². The molecule has 0 spiro atoms. The van der Waals surface area contributed by atoms with E-state index in [1.807, 2.05) is 0 Å². The molecular weight excluding hydrogens is 122 g/mol. The molecule has 1 aliphatic rings. The van der Waals surface area contributed by atoms with Crippen molar-refractivity contribution in [3.63, 3.8) is 0 Å². The molecule has 0 aromatic heterocycles. The van der Waals surface area contributed by atoms with Crippen molar-refractivity contribution in [2.45, 2.75) is 31.3 Å². The first-order chi connectivity index (χ1) is 4.13. The van der Waals surface area contributed by atoms with Gasteiger partial charge in [-0.2, -0.15) is 0 Å². The lowest BCUT2D eigenvalue weighted by Crippen LogP contribution is -2.27. The molecule has 1 rings (SSSR count). The molecule has 9 heavy (non-hydrogen) atoms. The van der Waals surface area contributed by atoms with Crippen LogP contribution in [-0.2, 0) is 4.74 Å². The Morgan fingerprint density at radius 1 is 1.67 bits per heavy atom. The minimum Gasteiger partial charge on any atom is -0.387 e. The van der Waals surface area contributed by atoms with Crippen molar-refractivity contribution in [1.29, 1.82) is 0 Å². The van der Waals surface area contributed by atoms with Gasteiger partial charge in [0.1, 0.15) is 20.1 Å². The van der Waals surface area contributed by atoms with Gasteiger partial charge in [-0.05, 0) is 6.92 Å². The number of aliphatic hydroxyl groups is 1. The normalized spacial score (nSPS) is 51.9. The Kier molecular flexibility index (Phi) is 1.77. The van der Waals surface area contributed by atoms with E-state index < -0.39 is 24.4 Å². The van der Waals surface area contributed by atoms with Crippen LogP contribution in [0.3, 0.4) is 0 Å². The molecule has 0 aromatic carbocycles. The monoisotopic (exact) mass is 130 g/mol. The molecule has 0 saturated carbocycles. The van der Waals surface area contributed by atoms with Crippen LogP contribution in [0.2, 0.25) is 0 Å². The van der Waals surface area contributed by atoms with Crippen molar-refractivity contribution in [2.24, 2.45) is 0 Å². The summed E-state index contributed by atoms with van der Waals surface area (Å²) in [4.78, 5) is 0. The summed E-state index contributed by atoms with van der Waals surface area (Å²) in [5, 5.41) is 8.86. The molecule has 50 valence electrons. The van der Waals surface area contributed by atoms with Crippen LogP contribution >= 0.6 is 0 Å². The van der Waals surface area contributed by atoms with Crippen LogP contribution in [0.25, 0.3) is 0 Å². The summed E-state index contributed by atoms with van der Waals surface area (Å²) in [7, 11) is 5.10. The minimum absolute atomic E-state index is 0.477. The SMILES string of the molecule is [B][C@@H]1O[C@H](C)[C@@H](O)[C@H]1F. The lowest BCUT2D eigenvalue weighted by atomic mass is 9.94. The van der Waals surface area contributed by atoms with E-state index in [9.17, 15) is 4.39 Å². The van der Waals surface area contributed by atoms with E-state index in [1.54, 1.807) is 6.92 Å². The summed E-state index contributed by atoms with van der Waals surface area (Å²) in [6.07, 6.45) is -2.96. The van der Waals surface area contributed by atoms with Crippen molar-refractivity contribution in [3.8, 4) is 0 Å². The molecule has 0 bridgehead atoms. The zero-order chi connectivity index (χ0) is 7.02. The van der Waals surface area contributed by atoms with E-state index in [-0.39, 0.29) is 0 Å². The van der Waals surface area contributed by atoms with Gasteiger partial charge in [0.15, 0.2) is 0 Å². The van der Waals surface area contributed by atoms with Crippen LogP contribution in [0.5, 0.6) is 0 Å². The summed E-state index contributed by atoms with van der Waals surface area (Å²) in [5.74, 6) is 0. The van der Waals surface area contributed by atoms with Gasteiger partial charge < -0.3 is 9.84 Å². The molecular formula is C5H8BFO2. The van der Waals surface area contributed by atoms with Gasteiger partial charge in [-0.15, -0.1) is 0 Å². The fourth-order valence-corrected chi connectivity index (χ4v) is 0.857. The smallest absolute Gasteiger partial charge is 0.146 e. The van der Waals surface area contributed by atoms with Crippen molar-refractivity contribution < 1.29 is 14.2 Å². The second-order valence-corrected chi connectivity index (χ2v) is 2.24. The van der Waals surface area contributed by atoms with Crippen LogP contribution < -0.4 is 0 Å². The largest absolute Gasteiger partial charge is 0.387 e. The average molecular weight is 130 g/mol. The number of hydrogen-bond donors (Lipinski definition) is 1. The molecule has 2 radical (unpaired) electrons. The van der Waals surface area contributed by atoms with Gasteiger partial charge in [0, 0.05) is 0 Å². The third-order valence-electron chi connectivity index (χ3n) is 1.49. The highest BCUT2D eigenvalue weighted by atomic mass is 19.1. The van der Waals surface area contributed by atoms with Crippen LogP contribution in [0.4, 0.5) is 4.39 Å². The summed E-state index contributed by atoms with van der Waals surface area (Å²) >= 11 is 0. The van der Waals surface area contributed by atoms with Crippen molar-refractivity contribution >= 4 is 7.85 Å². The second kappa shape index (κ2) is 2.27. The summed E-state index contributed by atoms with van der Waals surface area (Å²) < 4.78 is 17.2. The third kappa shape index (κ3) is 1.09. The van der Waals surface area contributed by atoms with Crippen LogP contribution in [0, 0.1) is 0 Å². The molecule has 1 fully saturated rings.